The SMILES string of the molecule is COCCOCCOC1CCC1. The average molecular weight is 174 g/mol. The monoisotopic (exact) mass is 174 g/mol. The smallest absolute Gasteiger partial charge is 0.0704 e. The van der Waals surface area contributed by atoms with E-state index in [4.69, 9.17) is 14.2 Å². The number of hydrogen-bond donors (Lipinski definition) is 0. The molecule has 0 amide bonds. The van der Waals surface area contributed by atoms with E-state index in [-0.39, 0.29) is 0 Å². The molecular formula is C9H18O3. The molecule has 0 heterocycles. The lowest BCUT2D eigenvalue weighted by Gasteiger charge is -2.25. The highest BCUT2D eigenvalue weighted by Gasteiger charge is 2.16. The molecule has 0 N–H and O–H groups in total. The van der Waals surface area contributed by atoms with E-state index in [1.807, 2.05) is 0 Å². The molecule has 0 aliphatic heterocycles. The van der Waals surface area contributed by atoms with Crippen LogP contribution in [0.3, 0.4) is 0 Å². The van der Waals surface area contributed by atoms with Gasteiger partial charge in [0.1, 0.15) is 0 Å². The van der Waals surface area contributed by atoms with Crippen LogP contribution in [0.4, 0.5) is 0 Å². The van der Waals surface area contributed by atoms with Gasteiger partial charge < -0.3 is 14.2 Å². The first-order valence-corrected chi connectivity index (χ1v) is 4.62. The van der Waals surface area contributed by atoms with E-state index in [0.29, 0.717) is 25.9 Å². The van der Waals surface area contributed by atoms with Crippen LogP contribution >= 0.6 is 0 Å². The second-order valence-electron chi connectivity index (χ2n) is 3.03. The molecule has 0 unspecified atom stereocenters. The third-order valence-electron chi connectivity index (χ3n) is 2.07. The minimum atomic E-state index is 0.524. The third-order valence-corrected chi connectivity index (χ3v) is 2.07. The summed E-state index contributed by atoms with van der Waals surface area (Å²) in [5.74, 6) is 0. The molecule has 1 rings (SSSR count). The Labute approximate surface area is 74.0 Å². The largest absolute Gasteiger partial charge is 0.382 e. The quantitative estimate of drug-likeness (QED) is 0.543. The lowest BCUT2D eigenvalue weighted by molar-refractivity contribution is -0.0344. The predicted octanol–water partition coefficient (Wildman–Crippen LogP) is 1.22. The fourth-order valence-electron chi connectivity index (χ4n) is 1.06. The minimum Gasteiger partial charge on any atom is -0.382 e. The summed E-state index contributed by atoms with van der Waals surface area (Å²) in [5, 5.41) is 0. The zero-order chi connectivity index (χ0) is 8.65. The van der Waals surface area contributed by atoms with Crippen molar-refractivity contribution in [2.24, 2.45) is 0 Å². The second-order valence-corrected chi connectivity index (χ2v) is 3.03. The van der Waals surface area contributed by atoms with E-state index < -0.39 is 0 Å². The molecule has 0 radical (unpaired) electrons. The molecule has 1 aliphatic carbocycles. The first kappa shape index (κ1) is 9.96. The van der Waals surface area contributed by atoms with E-state index in [2.05, 4.69) is 0 Å². The molecule has 0 aromatic heterocycles. The number of rotatable bonds is 7. The van der Waals surface area contributed by atoms with Gasteiger partial charge in [-0.1, -0.05) is 0 Å². The van der Waals surface area contributed by atoms with Crippen molar-refractivity contribution in [3.8, 4) is 0 Å². The molecule has 0 atom stereocenters. The zero-order valence-corrected chi connectivity index (χ0v) is 7.75. The Morgan fingerprint density at radius 3 is 2.42 bits per heavy atom. The molecule has 1 saturated carbocycles. The molecule has 0 bridgehead atoms. The Balaban J connectivity index is 1.70. The predicted molar refractivity (Wildman–Crippen MR) is 46.3 cm³/mol. The highest BCUT2D eigenvalue weighted by Crippen LogP contribution is 2.21. The normalized spacial score (nSPS) is 17.8. The maximum absolute atomic E-state index is 5.49. The third kappa shape index (κ3) is 4.04. The van der Waals surface area contributed by atoms with Crippen LogP contribution in [0.5, 0.6) is 0 Å². The molecule has 3 nitrogen and oxygen atoms in total. The van der Waals surface area contributed by atoms with Gasteiger partial charge in [0.25, 0.3) is 0 Å². The van der Waals surface area contributed by atoms with E-state index in [0.717, 1.165) is 6.61 Å². The van der Waals surface area contributed by atoms with Crippen LogP contribution < -0.4 is 0 Å². The van der Waals surface area contributed by atoms with Crippen molar-refractivity contribution in [1.82, 2.24) is 0 Å². The number of ether oxygens (including phenoxy) is 3. The summed E-state index contributed by atoms with van der Waals surface area (Å²) in [6.45, 7) is 2.77. The lowest BCUT2D eigenvalue weighted by Crippen LogP contribution is -2.23. The van der Waals surface area contributed by atoms with Crippen molar-refractivity contribution >= 4 is 0 Å². The van der Waals surface area contributed by atoms with E-state index in [1.165, 1.54) is 19.3 Å². The standard InChI is InChI=1S/C9H18O3/c1-10-5-6-11-7-8-12-9-3-2-4-9/h9H,2-8H2,1H3. The molecule has 0 aromatic rings. The Morgan fingerprint density at radius 2 is 1.83 bits per heavy atom. The molecule has 0 aromatic carbocycles. The van der Waals surface area contributed by atoms with Crippen molar-refractivity contribution in [2.75, 3.05) is 33.5 Å². The number of hydrogen-bond acceptors (Lipinski definition) is 3. The molecular weight excluding hydrogens is 156 g/mol. The van der Waals surface area contributed by atoms with Gasteiger partial charge in [-0.3, -0.25) is 0 Å². The fourth-order valence-corrected chi connectivity index (χ4v) is 1.06. The van der Waals surface area contributed by atoms with Crippen molar-refractivity contribution in [1.29, 1.82) is 0 Å². The maximum atomic E-state index is 5.49. The molecule has 1 aliphatic rings. The molecule has 3 heteroatoms. The summed E-state index contributed by atoms with van der Waals surface area (Å²) in [6.07, 6.45) is 4.32. The van der Waals surface area contributed by atoms with Crippen molar-refractivity contribution in [2.45, 2.75) is 25.4 Å². The first-order chi connectivity index (χ1) is 5.93. The van der Waals surface area contributed by atoms with Crippen molar-refractivity contribution in [3.63, 3.8) is 0 Å². The van der Waals surface area contributed by atoms with Crippen LogP contribution in [-0.2, 0) is 14.2 Å². The fraction of sp³-hybridized carbons (Fsp3) is 1.00. The summed E-state index contributed by atoms with van der Waals surface area (Å²) in [7, 11) is 1.67. The second kappa shape index (κ2) is 6.40. The summed E-state index contributed by atoms with van der Waals surface area (Å²) in [4.78, 5) is 0. The van der Waals surface area contributed by atoms with Gasteiger partial charge in [-0.05, 0) is 19.3 Å². The van der Waals surface area contributed by atoms with Gasteiger partial charge in [0.15, 0.2) is 0 Å². The Kier molecular flexibility index (Phi) is 5.32. The summed E-state index contributed by atoms with van der Waals surface area (Å²) in [6, 6.07) is 0. The van der Waals surface area contributed by atoms with Gasteiger partial charge in [-0.25, -0.2) is 0 Å². The summed E-state index contributed by atoms with van der Waals surface area (Å²) < 4.78 is 15.6. The Hall–Kier alpha value is -0.120. The van der Waals surface area contributed by atoms with Crippen LogP contribution in [0.25, 0.3) is 0 Å². The van der Waals surface area contributed by atoms with E-state index in [1.54, 1.807) is 7.11 Å². The summed E-state index contributed by atoms with van der Waals surface area (Å²) >= 11 is 0. The van der Waals surface area contributed by atoms with Gasteiger partial charge in [-0.2, -0.15) is 0 Å². The van der Waals surface area contributed by atoms with Gasteiger partial charge in [0, 0.05) is 7.11 Å². The highest BCUT2D eigenvalue weighted by molar-refractivity contribution is 4.68. The van der Waals surface area contributed by atoms with Crippen LogP contribution in [0.2, 0.25) is 0 Å². The highest BCUT2D eigenvalue weighted by atomic mass is 16.5. The molecule has 0 saturated heterocycles. The van der Waals surface area contributed by atoms with Crippen molar-refractivity contribution < 1.29 is 14.2 Å². The first-order valence-electron chi connectivity index (χ1n) is 4.62. The van der Waals surface area contributed by atoms with Crippen molar-refractivity contribution in [3.05, 3.63) is 0 Å². The topological polar surface area (TPSA) is 27.7 Å². The maximum Gasteiger partial charge on any atom is 0.0704 e. The van der Waals surface area contributed by atoms with Gasteiger partial charge in [0.2, 0.25) is 0 Å². The van der Waals surface area contributed by atoms with E-state index >= 15 is 0 Å². The Bertz CT molecular complexity index is 102. The molecule has 72 valence electrons. The van der Waals surface area contributed by atoms with Crippen LogP contribution in [0, 0.1) is 0 Å². The molecule has 0 spiro atoms. The Morgan fingerprint density at radius 1 is 1.08 bits per heavy atom. The molecule has 1 fully saturated rings. The average Bonchev–Trinajstić information content (AvgIpc) is 2.00. The number of methoxy groups -OCH3 is 1. The van der Waals surface area contributed by atoms with Crippen LogP contribution in [0.1, 0.15) is 19.3 Å². The molecule has 12 heavy (non-hydrogen) atoms. The van der Waals surface area contributed by atoms with Crippen LogP contribution in [0.15, 0.2) is 0 Å². The zero-order valence-electron chi connectivity index (χ0n) is 7.75. The van der Waals surface area contributed by atoms with Gasteiger partial charge in [-0.15, -0.1) is 0 Å². The summed E-state index contributed by atoms with van der Waals surface area (Å²) in [5.41, 5.74) is 0. The van der Waals surface area contributed by atoms with Gasteiger partial charge >= 0.3 is 0 Å². The van der Waals surface area contributed by atoms with E-state index in [9.17, 15) is 0 Å². The van der Waals surface area contributed by atoms with Gasteiger partial charge in [0.05, 0.1) is 32.5 Å². The minimum absolute atomic E-state index is 0.524. The van der Waals surface area contributed by atoms with Crippen LogP contribution in [-0.4, -0.2) is 39.6 Å². The lowest BCUT2D eigenvalue weighted by atomic mass is 9.96.